The first-order valence-electron chi connectivity index (χ1n) is 9.47. The molecular weight excluding hydrogens is 319 g/mol. The maximum atomic E-state index is 16.7. The number of Topliss-reactive ketones (excluding diaryl/α,β-unsaturated/α-hetero) is 1. The summed E-state index contributed by atoms with van der Waals surface area (Å²) in [4.78, 5) is 23.9. The van der Waals surface area contributed by atoms with Gasteiger partial charge < -0.3 is 5.11 Å². The molecule has 0 aromatic rings. The number of carbonyl (C=O) groups excluding carboxylic acids is 2. The van der Waals surface area contributed by atoms with Gasteiger partial charge in [-0.05, 0) is 56.6 Å². The predicted molar refractivity (Wildman–Crippen MR) is 92.6 cm³/mol. The number of aliphatic hydroxyl groups excluding tert-OH is 1. The Balaban J connectivity index is 1.80. The zero-order chi connectivity index (χ0) is 18.2. The number of halogens is 1. The summed E-state index contributed by atoms with van der Waals surface area (Å²) in [5, 5.41) is 11.0. The highest BCUT2D eigenvalue weighted by Gasteiger charge is 2.69. The molecule has 2 fully saturated rings. The first-order chi connectivity index (χ1) is 11.6. The minimum atomic E-state index is -1.72. The predicted octanol–water partition coefficient (Wildman–Crippen LogP) is 3.71. The monoisotopic (exact) mass is 346 g/mol. The van der Waals surface area contributed by atoms with Crippen LogP contribution in [-0.4, -0.2) is 28.4 Å². The van der Waals surface area contributed by atoms with Gasteiger partial charge in [-0.3, -0.25) is 9.59 Å². The Bertz CT molecular complexity index is 723. The molecule has 0 aliphatic heterocycles. The van der Waals surface area contributed by atoms with Crippen molar-refractivity contribution in [3.8, 4) is 0 Å². The lowest BCUT2D eigenvalue weighted by atomic mass is 9.44. The van der Waals surface area contributed by atoms with Gasteiger partial charge in [-0.15, -0.1) is 0 Å². The van der Waals surface area contributed by atoms with Crippen molar-refractivity contribution in [2.45, 2.75) is 71.1 Å². The molecule has 136 valence electrons. The number of carbonyl (C=O) groups is 2. The minimum Gasteiger partial charge on any atom is -0.390 e. The summed E-state index contributed by atoms with van der Waals surface area (Å²) >= 11 is 0. The first-order valence-corrected chi connectivity index (χ1v) is 9.47. The van der Waals surface area contributed by atoms with Gasteiger partial charge in [0.15, 0.2) is 11.6 Å². The largest absolute Gasteiger partial charge is 0.390 e. The first kappa shape index (κ1) is 17.1. The summed E-state index contributed by atoms with van der Waals surface area (Å²) in [6.45, 7) is 5.50. The van der Waals surface area contributed by atoms with Gasteiger partial charge in [0.05, 0.1) is 6.10 Å². The number of alkyl halides is 1. The van der Waals surface area contributed by atoms with Gasteiger partial charge in [0.1, 0.15) is 5.67 Å². The maximum Gasteiger partial charge on any atom is 0.156 e. The van der Waals surface area contributed by atoms with Crippen LogP contribution in [0.5, 0.6) is 0 Å². The summed E-state index contributed by atoms with van der Waals surface area (Å²) in [7, 11) is 0. The van der Waals surface area contributed by atoms with Crippen LogP contribution in [0.3, 0.4) is 0 Å². The number of rotatable bonds is 1. The molecule has 4 rings (SSSR count). The Labute approximate surface area is 148 Å². The zero-order valence-electron chi connectivity index (χ0n) is 15.3. The fourth-order valence-corrected chi connectivity index (χ4v) is 6.69. The zero-order valence-corrected chi connectivity index (χ0v) is 15.3. The van der Waals surface area contributed by atoms with Gasteiger partial charge in [0, 0.05) is 23.2 Å². The van der Waals surface area contributed by atoms with Crippen LogP contribution in [0.25, 0.3) is 0 Å². The lowest BCUT2D eigenvalue weighted by Crippen LogP contribution is -2.67. The molecule has 0 amide bonds. The topological polar surface area (TPSA) is 54.4 Å². The van der Waals surface area contributed by atoms with E-state index in [9.17, 15) is 14.7 Å². The van der Waals surface area contributed by atoms with Gasteiger partial charge >= 0.3 is 0 Å². The standard InChI is InChI=1S/C21H27FO3/c1-12(23)15-6-7-16-17-5-4-13-10-14(24)8-9-20(13,3)21(17,22)18(25)11-19(15,16)2/h6,10,16-18,25H,4-5,7-9,11H2,1-3H3/t16-,17-,18-,19+,20-,21?/m0/s1. The number of hydrogen-bond donors (Lipinski definition) is 1. The Morgan fingerprint density at radius 2 is 2.00 bits per heavy atom. The molecule has 0 aromatic carbocycles. The highest BCUT2D eigenvalue weighted by molar-refractivity contribution is 5.95. The van der Waals surface area contributed by atoms with E-state index < -0.39 is 22.6 Å². The molecular formula is C21H27FO3. The molecule has 6 atom stereocenters. The Kier molecular flexibility index (Phi) is 3.51. The quantitative estimate of drug-likeness (QED) is 0.787. The average molecular weight is 346 g/mol. The molecule has 1 unspecified atom stereocenters. The maximum absolute atomic E-state index is 16.7. The van der Waals surface area contributed by atoms with E-state index in [1.54, 1.807) is 13.0 Å². The van der Waals surface area contributed by atoms with Crippen LogP contribution in [0.2, 0.25) is 0 Å². The number of aliphatic hydroxyl groups is 1. The third-order valence-corrected chi connectivity index (χ3v) is 8.00. The van der Waals surface area contributed by atoms with Gasteiger partial charge in [0.25, 0.3) is 0 Å². The smallest absolute Gasteiger partial charge is 0.156 e. The number of allylic oxidation sites excluding steroid dienone is 4. The highest BCUT2D eigenvalue weighted by atomic mass is 19.1. The molecule has 0 bridgehead atoms. The van der Waals surface area contributed by atoms with Crippen LogP contribution in [0.4, 0.5) is 4.39 Å². The van der Waals surface area contributed by atoms with Crippen molar-refractivity contribution >= 4 is 11.6 Å². The number of ketones is 2. The van der Waals surface area contributed by atoms with Crippen LogP contribution in [0, 0.1) is 22.7 Å². The van der Waals surface area contributed by atoms with Crippen LogP contribution >= 0.6 is 0 Å². The number of fused-ring (bicyclic) bond motifs is 5. The second-order valence-corrected chi connectivity index (χ2v) is 9.03. The van der Waals surface area contributed by atoms with E-state index in [0.717, 1.165) is 11.1 Å². The van der Waals surface area contributed by atoms with E-state index in [0.29, 0.717) is 32.1 Å². The van der Waals surface area contributed by atoms with Crippen molar-refractivity contribution in [3.63, 3.8) is 0 Å². The van der Waals surface area contributed by atoms with E-state index in [1.807, 2.05) is 19.9 Å². The van der Waals surface area contributed by atoms with Gasteiger partial charge in [-0.1, -0.05) is 25.5 Å². The van der Waals surface area contributed by atoms with Crippen molar-refractivity contribution in [2.24, 2.45) is 22.7 Å². The third kappa shape index (κ3) is 1.95. The Morgan fingerprint density at radius 1 is 1.28 bits per heavy atom. The van der Waals surface area contributed by atoms with Gasteiger partial charge in [0.2, 0.25) is 0 Å². The van der Waals surface area contributed by atoms with E-state index in [-0.39, 0.29) is 29.8 Å². The van der Waals surface area contributed by atoms with E-state index in [4.69, 9.17) is 0 Å². The molecule has 4 aliphatic carbocycles. The summed E-state index contributed by atoms with van der Waals surface area (Å²) in [6.07, 6.45) is 5.67. The Hall–Kier alpha value is -1.29. The van der Waals surface area contributed by atoms with E-state index in [2.05, 4.69) is 0 Å². The second kappa shape index (κ2) is 5.12. The number of hydrogen-bond acceptors (Lipinski definition) is 3. The second-order valence-electron chi connectivity index (χ2n) is 9.03. The summed E-state index contributed by atoms with van der Waals surface area (Å²) in [6, 6.07) is 0. The molecule has 4 heteroatoms. The molecule has 0 aromatic heterocycles. The molecule has 1 N–H and O–H groups in total. The lowest BCUT2D eigenvalue weighted by molar-refractivity contribution is -0.200. The van der Waals surface area contributed by atoms with Crippen molar-refractivity contribution < 1.29 is 19.1 Å². The van der Waals surface area contributed by atoms with Crippen molar-refractivity contribution in [1.29, 1.82) is 0 Å². The molecule has 0 saturated heterocycles. The molecule has 0 radical (unpaired) electrons. The molecule has 0 heterocycles. The summed E-state index contributed by atoms with van der Waals surface area (Å²) < 4.78 is 16.7. The van der Waals surface area contributed by atoms with Crippen LogP contribution in [0.1, 0.15) is 59.3 Å². The molecule has 2 saturated carbocycles. The molecule has 3 nitrogen and oxygen atoms in total. The normalized spacial score (nSPS) is 48.8. The van der Waals surface area contributed by atoms with E-state index in [1.165, 1.54) is 0 Å². The average Bonchev–Trinajstić information content (AvgIpc) is 2.87. The van der Waals surface area contributed by atoms with Gasteiger partial charge in [-0.2, -0.15) is 0 Å². The highest BCUT2D eigenvalue weighted by Crippen LogP contribution is 2.68. The fraction of sp³-hybridized carbons (Fsp3) is 0.714. The van der Waals surface area contributed by atoms with Crippen LogP contribution in [0.15, 0.2) is 23.3 Å². The van der Waals surface area contributed by atoms with Crippen molar-refractivity contribution in [2.75, 3.05) is 0 Å². The minimum absolute atomic E-state index is 0.0365. The summed E-state index contributed by atoms with van der Waals surface area (Å²) in [5.74, 6) is -0.110. The molecule has 4 aliphatic rings. The third-order valence-electron chi connectivity index (χ3n) is 8.00. The lowest BCUT2D eigenvalue weighted by Gasteiger charge is -2.62. The summed E-state index contributed by atoms with van der Waals surface area (Å²) in [5.41, 5.74) is -1.29. The molecule has 0 spiro atoms. The van der Waals surface area contributed by atoms with E-state index >= 15 is 4.39 Å². The molecule has 25 heavy (non-hydrogen) atoms. The van der Waals surface area contributed by atoms with Gasteiger partial charge in [-0.25, -0.2) is 4.39 Å². The van der Waals surface area contributed by atoms with Crippen LogP contribution in [-0.2, 0) is 9.59 Å². The fourth-order valence-electron chi connectivity index (χ4n) is 6.69. The van der Waals surface area contributed by atoms with Crippen LogP contribution < -0.4 is 0 Å². The SMILES string of the molecule is CC(=O)C1=CC[C@H]2[C@@H]3CCC4=CC(=O)CC[C@]4(C)C3(F)[C@@H](O)C[C@]12C. The van der Waals surface area contributed by atoms with Crippen molar-refractivity contribution in [1.82, 2.24) is 0 Å². The van der Waals surface area contributed by atoms with Crippen molar-refractivity contribution in [3.05, 3.63) is 23.3 Å². The Morgan fingerprint density at radius 3 is 2.68 bits per heavy atom.